The van der Waals surface area contributed by atoms with Gasteiger partial charge >= 0.3 is 7.82 Å². The number of aromatic hydroxyl groups is 1. The summed E-state index contributed by atoms with van der Waals surface area (Å²) in [4.78, 5) is 21.6. The molecular formula is C10H16IO6P. The predicted molar refractivity (Wildman–Crippen MR) is 74.7 cm³/mol. The monoisotopic (exact) mass is 390 g/mol. The first-order chi connectivity index (χ1) is 8.00. The van der Waals surface area contributed by atoms with Crippen molar-refractivity contribution in [2.45, 2.75) is 27.7 Å². The third-order valence-electron chi connectivity index (χ3n) is 2.66. The van der Waals surface area contributed by atoms with Crippen LogP contribution < -0.4 is 0 Å². The quantitative estimate of drug-likeness (QED) is 0.432. The summed E-state index contributed by atoms with van der Waals surface area (Å²) in [6.07, 6.45) is 0. The molecule has 0 aliphatic heterocycles. The van der Waals surface area contributed by atoms with E-state index >= 15 is 0 Å². The first kappa shape index (κ1) is 17.7. The fraction of sp³-hybridized carbons (Fsp3) is 0.400. The van der Waals surface area contributed by atoms with E-state index in [-0.39, 0.29) is 5.75 Å². The maximum absolute atomic E-state index is 10.9. The lowest BCUT2D eigenvalue weighted by Crippen LogP contribution is -1.95. The third-order valence-corrected chi connectivity index (χ3v) is 4.42. The molecule has 1 rings (SSSR count). The fourth-order valence-corrected chi connectivity index (χ4v) is 2.69. The maximum Gasteiger partial charge on any atom is 0.466 e. The Hall–Kier alpha value is -0.340. The smallest absolute Gasteiger partial charge is 0.466 e. The number of phenols is 1. The molecule has 1 aromatic carbocycles. The van der Waals surface area contributed by atoms with Gasteiger partial charge in [-0.25, -0.2) is 4.57 Å². The molecule has 0 saturated heterocycles. The van der Waals surface area contributed by atoms with Crippen LogP contribution in [0.4, 0.5) is 0 Å². The molecule has 0 aliphatic rings. The minimum absolute atomic E-state index is 0.225. The average molecular weight is 390 g/mol. The molecule has 18 heavy (non-hydrogen) atoms. The van der Waals surface area contributed by atoms with Crippen molar-refractivity contribution in [3.63, 3.8) is 0 Å². The van der Waals surface area contributed by atoms with Crippen LogP contribution in [-0.4, -0.2) is 19.8 Å². The summed E-state index contributed by atoms with van der Waals surface area (Å²) in [5.41, 5.74) is 4.06. The van der Waals surface area contributed by atoms with Crippen molar-refractivity contribution in [2.75, 3.05) is 0 Å². The largest absolute Gasteiger partial charge is 0.506 e. The van der Waals surface area contributed by atoms with Crippen LogP contribution in [0.2, 0.25) is 0 Å². The van der Waals surface area contributed by atoms with E-state index < -0.39 is 29.0 Å². The lowest BCUT2D eigenvalue weighted by Gasteiger charge is -2.12. The highest BCUT2D eigenvalue weighted by atomic mass is 127. The molecule has 8 heteroatoms. The van der Waals surface area contributed by atoms with Crippen LogP contribution in [0.15, 0.2) is 0 Å². The molecule has 0 amide bonds. The van der Waals surface area contributed by atoms with E-state index in [1.54, 1.807) is 0 Å². The van der Waals surface area contributed by atoms with E-state index in [9.17, 15) is 8.18 Å². The van der Waals surface area contributed by atoms with Gasteiger partial charge in [-0.2, -0.15) is 0 Å². The predicted octanol–water partition coefficient (Wildman–Crippen LogP) is 2.18. The summed E-state index contributed by atoms with van der Waals surface area (Å²) in [7, 11) is -4.64. The van der Waals surface area contributed by atoms with Crippen molar-refractivity contribution in [2.24, 2.45) is 0 Å². The molecule has 6 nitrogen and oxygen atoms in total. The molecule has 0 atom stereocenters. The van der Waals surface area contributed by atoms with Crippen molar-refractivity contribution >= 4 is 29.0 Å². The highest BCUT2D eigenvalue weighted by Crippen LogP contribution is 2.34. The van der Waals surface area contributed by atoms with Gasteiger partial charge in [-0.05, 0) is 49.9 Å². The zero-order valence-corrected chi connectivity index (χ0v) is 13.5. The molecule has 104 valence electrons. The Morgan fingerprint density at radius 3 is 1.56 bits per heavy atom. The van der Waals surface area contributed by atoms with E-state index in [4.69, 9.17) is 19.2 Å². The van der Waals surface area contributed by atoms with E-state index in [0.29, 0.717) is 3.57 Å². The topological polar surface area (TPSA) is 115 Å². The van der Waals surface area contributed by atoms with Gasteiger partial charge in [-0.3, -0.25) is 3.07 Å². The van der Waals surface area contributed by atoms with Gasteiger partial charge in [-0.1, -0.05) is 0 Å². The van der Waals surface area contributed by atoms with Gasteiger partial charge in [0.05, 0.1) is 3.57 Å². The van der Waals surface area contributed by atoms with Crippen LogP contribution in [0.5, 0.6) is 5.75 Å². The maximum atomic E-state index is 10.9. The number of phenolic OH excluding ortho intramolecular Hbond substituents is 1. The molecule has 0 heterocycles. The van der Waals surface area contributed by atoms with E-state index in [1.165, 1.54) is 0 Å². The van der Waals surface area contributed by atoms with Crippen molar-refractivity contribution < 1.29 is 27.4 Å². The van der Waals surface area contributed by atoms with Gasteiger partial charge in [0.25, 0.3) is 0 Å². The SMILES string of the molecule is Cc1c(C)c(C)c(I=O)c(O)c1C.O=P(O)(O)O. The molecule has 0 fully saturated rings. The zero-order chi connectivity index (χ0) is 14.7. The number of benzene rings is 1. The number of phosphoric acid groups is 1. The molecule has 0 spiro atoms. The van der Waals surface area contributed by atoms with Crippen LogP contribution >= 0.6 is 29.0 Å². The summed E-state index contributed by atoms with van der Waals surface area (Å²) < 4.78 is 20.5. The molecular weight excluding hydrogens is 374 g/mol. The molecule has 0 radical (unpaired) electrons. The number of rotatable bonds is 1. The van der Waals surface area contributed by atoms with Crippen molar-refractivity contribution in [1.29, 1.82) is 0 Å². The Labute approximate surface area is 116 Å². The number of halogens is 1. The van der Waals surface area contributed by atoms with Gasteiger partial charge in [0.1, 0.15) is 5.75 Å². The highest BCUT2D eigenvalue weighted by Gasteiger charge is 2.13. The van der Waals surface area contributed by atoms with Crippen LogP contribution in [0, 0.1) is 31.3 Å². The second kappa shape index (κ2) is 6.72. The van der Waals surface area contributed by atoms with Crippen LogP contribution in [0.25, 0.3) is 0 Å². The highest BCUT2D eigenvalue weighted by molar-refractivity contribution is 14.1. The van der Waals surface area contributed by atoms with Crippen LogP contribution in [0.1, 0.15) is 22.3 Å². The Bertz CT molecular complexity index is 470. The van der Waals surface area contributed by atoms with Crippen molar-refractivity contribution in [1.82, 2.24) is 0 Å². The van der Waals surface area contributed by atoms with Crippen molar-refractivity contribution in [3.05, 3.63) is 25.8 Å². The third kappa shape index (κ3) is 5.11. The van der Waals surface area contributed by atoms with Gasteiger partial charge in [-0.15, -0.1) is 0 Å². The fourth-order valence-electron chi connectivity index (χ4n) is 1.34. The van der Waals surface area contributed by atoms with Crippen LogP contribution in [-0.2, 0) is 7.63 Å². The van der Waals surface area contributed by atoms with Gasteiger partial charge in [0.15, 0.2) is 21.2 Å². The first-order valence-corrected chi connectivity index (χ1v) is 8.37. The lowest BCUT2D eigenvalue weighted by molar-refractivity contribution is 0.275. The first-order valence-electron chi connectivity index (χ1n) is 4.85. The number of hydrogen-bond acceptors (Lipinski definition) is 3. The van der Waals surface area contributed by atoms with Crippen molar-refractivity contribution in [3.8, 4) is 5.75 Å². The molecule has 1 aromatic rings. The summed E-state index contributed by atoms with van der Waals surface area (Å²) in [6.45, 7) is 7.75. The van der Waals surface area contributed by atoms with Gasteiger partial charge in [0, 0.05) is 0 Å². The van der Waals surface area contributed by atoms with Crippen LogP contribution in [0.3, 0.4) is 0 Å². The summed E-state index contributed by atoms with van der Waals surface area (Å²) in [5.74, 6) is 0.225. The average Bonchev–Trinajstić information content (AvgIpc) is 2.22. The lowest BCUT2D eigenvalue weighted by atomic mass is 9.99. The molecule has 0 saturated carbocycles. The van der Waals surface area contributed by atoms with Gasteiger partial charge < -0.3 is 19.8 Å². The molecule has 0 aromatic heterocycles. The summed E-state index contributed by atoms with van der Waals surface area (Å²) >= 11 is -1.28. The Balaban J connectivity index is 0.000000494. The second-order valence-corrected chi connectivity index (χ2v) is 6.30. The summed E-state index contributed by atoms with van der Waals surface area (Å²) in [6, 6.07) is 0. The molecule has 0 bridgehead atoms. The standard InChI is InChI=1S/C10H13IO2.H3O4P/c1-5-6(2)8(4)10(12)9(11-13)7(5)3;1-5(2,3)4/h12H,1-4H3;(H3,1,2,3,4). The Kier molecular flexibility index (Phi) is 6.59. The summed E-state index contributed by atoms with van der Waals surface area (Å²) in [5, 5.41) is 9.71. The van der Waals surface area contributed by atoms with E-state index in [1.807, 2.05) is 27.7 Å². The second-order valence-electron chi connectivity index (χ2n) is 3.75. The normalized spacial score (nSPS) is 10.8. The minimum Gasteiger partial charge on any atom is -0.506 e. The minimum atomic E-state index is -4.64. The Morgan fingerprint density at radius 1 is 0.889 bits per heavy atom. The molecule has 4 N–H and O–H groups in total. The van der Waals surface area contributed by atoms with Gasteiger partial charge in [0.2, 0.25) is 0 Å². The zero-order valence-electron chi connectivity index (χ0n) is 10.4. The van der Waals surface area contributed by atoms with E-state index in [2.05, 4.69) is 0 Å². The van der Waals surface area contributed by atoms with E-state index in [0.717, 1.165) is 22.3 Å². The Morgan fingerprint density at radius 2 is 1.22 bits per heavy atom. The molecule has 0 aliphatic carbocycles. The molecule has 0 unspecified atom stereocenters. The number of hydrogen-bond donors (Lipinski definition) is 4.